The van der Waals surface area contributed by atoms with E-state index >= 15 is 0 Å². The molecule has 4 aromatic rings. The zero-order valence-corrected chi connectivity index (χ0v) is 20.2. The molecule has 8 heteroatoms. The van der Waals surface area contributed by atoms with E-state index in [1.54, 1.807) is 61.5 Å². The Bertz CT molecular complexity index is 1520. The smallest absolute Gasteiger partial charge is 0.341 e. The molecule has 6 nitrogen and oxygen atoms in total. The molecule has 0 radical (unpaired) electrons. The average Bonchev–Trinajstić information content (AvgIpc) is 2.84. The number of ether oxygens (including phenoxy) is 1. The Labute approximate surface area is 208 Å². The maximum absolute atomic E-state index is 13.7. The molecule has 0 spiro atoms. The fourth-order valence-electron chi connectivity index (χ4n) is 4.19. The highest BCUT2D eigenvalue weighted by molar-refractivity contribution is 9.10. The third-order valence-electron chi connectivity index (χ3n) is 5.60. The topological polar surface area (TPSA) is 85.4 Å². The van der Waals surface area contributed by atoms with Crippen molar-refractivity contribution in [2.75, 3.05) is 11.9 Å². The van der Waals surface area contributed by atoms with Gasteiger partial charge < -0.3 is 10.1 Å². The lowest BCUT2D eigenvalue weighted by molar-refractivity contribution is 0.0527. The summed E-state index contributed by atoms with van der Waals surface area (Å²) in [6.07, 6.45) is 0. The minimum Gasteiger partial charge on any atom is -0.462 e. The van der Waals surface area contributed by atoms with Gasteiger partial charge in [0.05, 0.1) is 23.4 Å². The Hall–Kier alpha value is -3.55. The zero-order chi connectivity index (χ0) is 24.0. The summed E-state index contributed by atoms with van der Waals surface area (Å²) in [4.78, 5) is 44.0. The number of esters is 1. The van der Waals surface area contributed by atoms with E-state index in [1.807, 2.05) is 6.07 Å². The second-order valence-electron chi connectivity index (χ2n) is 7.57. The number of halogens is 2. The molecule has 1 aliphatic rings. The van der Waals surface area contributed by atoms with Crippen LogP contribution in [0.25, 0.3) is 22.0 Å². The number of rotatable bonds is 4. The fourth-order valence-corrected chi connectivity index (χ4v) is 4.96. The highest BCUT2D eigenvalue weighted by atomic mass is 79.9. The van der Waals surface area contributed by atoms with Gasteiger partial charge in [-0.25, -0.2) is 9.78 Å². The second-order valence-corrected chi connectivity index (χ2v) is 8.78. The van der Waals surface area contributed by atoms with Crippen LogP contribution in [-0.4, -0.2) is 29.3 Å². The number of nitrogens with zero attached hydrogens (tertiary/aromatic N) is 1. The highest BCUT2D eigenvalue weighted by Crippen LogP contribution is 2.47. The average molecular weight is 536 g/mol. The van der Waals surface area contributed by atoms with E-state index in [0.29, 0.717) is 43.3 Å². The first-order valence-electron chi connectivity index (χ1n) is 10.5. The Morgan fingerprint density at radius 2 is 1.71 bits per heavy atom. The maximum atomic E-state index is 13.7. The summed E-state index contributed by atoms with van der Waals surface area (Å²) in [5.41, 5.74) is 2.86. The van der Waals surface area contributed by atoms with Crippen molar-refractivity contribution in [2.45, 2.75) is 6.92 Å². The van der Waals surface area contributed by atoms with E-state index in [2.05, 4.69) is 26.2 Å². The normalized spacial score (nSPS) is 11.8. The van der Waals surface area contributed by atoms with Crippen LogP contribution in [0, 0.1) is 0 Å². The quantitative estimate of drug-likeness (QED) is 0.216. The lowest BCUT2D eigenvalue weighted by atomic mass is 9.81. The lowest BCUT2D eigenvalue weighted by Gasteiger charge is -2.25. The third kappa shape index (κ3) is 3.48. The van der Waals surface area contributed by atoms with E-state index < -0.39 is 5.97 Å². The van der Waals surface area contributed by atoms with Crippen LogP contribution in [0.15, 0.2) is 65.1 Å². The van der Waals surface area contributed by atoms with Crippen LogP contribution < -0.4 is 5.32 Å². The van der Waals surface area contributed by atoms with Crippen molar-refractivity contribution in [2.24, 2.45) is 0 Å². The summed E-state index contributed by atoms with van der Waals surface area (Å²) in [6, 6.07) is 17.3. The maximum Gasteiger partial charge on any atom is 0.341 e. The number of carbonyl (C=O) groups is 3. The van der Waals surface area contributed by atoms with Crippen LogP contribution in [0.3, 0.4) is 0 Å². The Balaban J connectivity index is 1.85. The predicted molar refractivity (Wildman–Crippen MR) is 134 cm³/mol. The van der Waals surface area contributed by atoms with Crippen molar-refractivity contribution >= 4 is 61.8 Å². The van der Waals surface area contributed by atoms with Gasteiger partial charge in [0.1, 0.15) is 10.7 Å². The van der Waals surface area contributed by atoms with Gasteiger partial charge in [-0.3, -0.25) is 9.59 Å². The molecule has 1 aromatic heterocycles. The number of hydrogen-bond acceptors (Lipinski definition) is 5. The van der Waals surface area contributed by atoms with Crippen LogP contribution in [-0.2, 0) is 4.74 Å². The summed E-state index contributed by atoms with van der Waals surface area (Å²) in [7, 11) is 0. The number of carbonyl (C=O) groups excluding carboxylic acids is 3. The predicted octanol–water partition coefficient (Wildman–Crippen LogP) is 6.29. The molecule has 0 saturated carbocycles. The molecular formula is C26H16BrClN2O4. The van der Waals surface area contributed by atoms with Gasteiger partial charge in [-0.05, 0) is 46.6 Å². The molecule has 0 bridgehead atoms. The van der Waals surface area contributed by atoms with Gasteiger partial charge >= 0.3 is 5.97 Å². The number of anilines is 1. The molecule has 1 aliphatic carbocycles. The Morgan fingerprint density at radius 1 is 1.03 bits per heavy atom. The molecule has 3 aromatic carbocycles. The lowest BCUT2D eigenvalue weighted by Crippen LogP contribution is -2.20. The molecule has 0 fully saturated rings. The number of hydrogen-bond donors (Lipinski definition) is 1. The standard InChI is InChI=1S/C26H16BrClN2O4/c1-2-34-26(33)21-18-14-10-6-7-11-15(14)23(31)19-17(29-25(32)13-8-4-3-5-9-13)12-16(27)22(20(18)19)30-24(21)28/h3-12H,2H2,1H3,(H,29,32). The van der Waals surface area contributed by atoms with Crippen molar-refractivity contribution in [3.63, 3.8) is 0 Å². The number of ketones is 1. The van der Waals surface area contributed by atoms with Crippen LogP contribution in [0.4, 0.5) is 5.69 Å². The zero-order valence-electron chi connectivity index (χ0n) is 17.8. The fraction of sp³-hybridized carbons (Fsp3) is 0.0769. The number of fused-ring (bicyclic) bond motifs is 2. The van der Waals surface area contributed by atoms with E-state index in [-0.39, 0.29) is 34.6 Å². The molecule has 0 atom stereocenters. The molecule has 34 heavy (non-hydrogen) atoms. The van der Waals surface area contributed by atoms with Gasteiger partial charge in [0, 0.05) is 26.5 Å². The van der Waals surface area contributed by atoms with Crippen LogP contribution in [0.1, 0.15) is 43.6 Å². The summed E-state index contributed by atoms with van der Waals surface area (Å²) >= 11 is 9.99. The van der Waals surface area contributed by atoms with Crippen molar-refractivity contribution in [1.82, 2.24) is 4.98 Å². The molecule has 1 heterocycles. The number of nitrogens with one attached hydrogen (secondary N) is 1. The molecule has 0 saturated heterocycles. The van der Waals surface area contributed by atoms with Crippen molar-refractivity contribution < 1.29 is 19.1 Å². The minimum atomic E-state index is -0.637. The van der Waals surface area contributed by atoms with Gasteiger partial charge in [0.25, 0.3) is 5.91 Å². The van der Waals surface area contributed by atoms with Crippen LogP contribution in [0.2, 0.25) is 5.15 Å². The van der Waals surface area contributed by atoms with Gasteiger partial charge in [0.2, 0.25) is 0 Å². The van der Waals surface area contributed by atoms with Crippen LogP contribution >= 0.6 is 27.5 Å². The summed E-state index contributed by atoms with van der Waals surface area (Å²) < 4.78 is 5.77. The third-order valence-corrected chi connectivity index (χ3v) is 6.48. The Morgan fingerprint density at radius 3 is 2.41 bits per heavy atom. The SMILES string of the molecule is CCOC(=O)c1c(Cl)nc2c(Br)cc(NC(=O)c3ccccc3)c3c2c1-c1ccccc1C3=O. The molecule has 168 valence electrons. The first-order chi connectivity index (χ1) is 16.4. The van der Waals surface area contributed by atoms with E-state index in [1.165, 1.54) is 0 Å². The van der Waals surface area contributed by atoms with E-state index in [0.717, 1.165) is 0 Å². The van der Waals surface area contributed by atoms with Crippen molar-refractivity contribution in [1.29, 1.82) is 0 Å². The van der Waals surface area contributed by atoms with Gasteiger partial charge in [-0.15, -0.1) is 0 Å². The summed E-state index contributed by atoms with van der Waals surface area (Å²) in [5, 5.41) is 3.25. The largest absolute Gasteiger partial charge is 0.462 e. The molecular weight excluding hydrogens is 520 g/mol. The first kappa shape index (κ1) is 22.3. The summed E-state index contributed by atoms with van der Waals surface area (Å²) in [6.45, 7) is 1.85. The van der Waals surface area contributed by atoms with E-state index in [9.17, 15) is 14.4 Å². The first-order valence-corrected chi connectivity index (χ1v) is 11.6. The molecule has 0 aliphatic heterocycles. The molecule has 1 N–H and O–H groups in total. The number of aromatic nitrogens is 1. The molecule has 5 rings (SSSR count). The second kappa shape index (κ2) is 8.66. The monoisotopic (exact) mass is 534 g/mol. The van der Waals surface area contributed by atoms with Crippen LogP contribution in [0.5, 0.6) is 0 Å². The molecule has 0 unspecified atom stereocenters. The minimum absolute atomic E-state index is 0.0298. The van der Waals surface area contributed by atoms with Crippen molar-refractivity contribution in [3.05, 3.63) is 92.5 Å². The van der Waals surface area contributed by atoms with Gasteiger partial charge in [-0.1, -0.05) is 54.1 Å². The molecule has 1 amide bonds. The van der Waals surface area contributed by atoms with Crippen molar-refractivity contribution in [3.8, 4) is 11.1 Å². The number of pyridine rings is 1. The number of benzene rings is 3. The van der Waals surface area contributed by atoms with E-state index in [4.69, 9.17) is 16.3 Å². The number of amides is 1. The van der Waals surface area contributed by atoms with Gasteiger partial charge in [0.15, 0.2) is 5.78 Å². The summed E-state index contributed by atoms with van der Waals surface area (Å²) in [5.74, 6) is -1.30. The highest BCUT2D eigenvalue weighted by Gasteiger charge is 2.34. The van der Waals surface area contributed by atoms with Gasteiger partial charge in [-0.2, -0.15) is 0 Å². The Kier molecular flexibility index (Phi) is 5.67.